The van der Waals surface area contributed by atoms with E-state index in [0.29, 0.717) is 0 Å². The first-order valence-corrected chi connectivity index (χ1v) is 3.56. The molecular formula is C8H9BO4. The summed E-state index contributed by atoms with van der Waals surface area (Å²) in [5.41, 5.74) is 0. The number of rotatable bonds is 2. The molecule has 0 saturated carbocycles. The van der Waals surface area contributed by atoms with E-state index in [2.05, 4.69) is 0 Å². The molecule has 0 fully saturated rings. The third-order valence-corrected chi connectivity index (χ3v) is 0.969. The van der Waals surface area contributed by atoms with Gasteiger partial charge in [0.05, 0.1) is 0 Å². The van der Waals surface area contributed by atoms with Crippen LogP contribution in [0.25, 0.3) is 0 Å². The summed E-state index contributed by atoms with van der Waals surface area (Å²) in [6.45, 7) is 0. The van der Waals surface area contributed by atoms with Crippen LogP contribution in [-0.4, -0.2) is 29.2 Å². The Morgan fingerprint density at radius 2 is 1.00 bits per heavy atom. The normalized spacial score (nSPS) is 7.69. The van der Waals surface area contributed by atoms with E-state index >= 15 is 0 Å². The zero-order chi connectivity index (χ0) is 10.1. The van der Waals surface area contributed by atoms with Gasteiger partial charge in [0.2, 0.25) is 0 Å². The highest BCUT2D eigenvalue weighted by Crippen LogP contribution is 1.79. The van der Waals surface area contributed by atoms with E-state index in [1.807, 2.05) is 36.4 Å². The Morgan fingerprint density at radius 1 is 0.769 bits per heavy atom. The molecule has 0 radical (unpaired) electrons. The monoisotopic (exact) mass is 180 g/mol. The minimum atomic E-state index is -1.31. The summed E-state index contributed by atoms with van der Waals surface area (Å²) in [6.07, 6.45) is 0. The molecule has 0 unspecified atom stereocenters. The second kappa shape index (κ2) is 6.91. The molecule has 1 aromatic carbocycles. The van der Waals surface area contributed by atoms with Gasteiger partial charge in [-0.3, -0.25) is 9.59 Å². The van der Waals surface area contributed by atoms with Gasteiger partial charge in [0.25, 0.3) is 11.7 Å². The predicted molar refractivity (Wildman–Crippen MR) is 49.6 cm³/mol. The first kappa shape index (κ1) is 11.2. The third-order valence-electron chi connectivity index (χ3n) is 0.969. The Kier molecular flexibility index (Phi) is 5.96. The number of hydrogen-bond acceptors (Lipinski definition) is 2. The largest absolute Gasteiger partial charge is 0.489 e. The molecule has 13 heavy (non-hydrogen) atoms. The summed E-state index contributed by atoms with van der Waals surface area (Å²) < 4.78 is 0. The molecule has 0 aliphatic heterocycles. The molecule has 1 rings (SSSR count). The fraction of sp³-hybridized carbons (Fsp3) is 0. The zero-order valence-electron chi connectivity index (χ0n) is 6.88. The van der Waals surface area contributed by atoms with Crippen molar-refractivity contribution in [1.29, 1.82) is 0 Å². The summed E-state index contributed by atoms with van der Waals surface area (Å²) in [6, 6.07) is 12.0. The number of carbonyl (C=O) groups is 2. The summed E-state index contributed by atoms with van der Waals surface area (Å²) in [5.74, 6) is -2.62. The predicted octanol–water partition coefficient (Wildman–Crippen LogP) is 1.47. The Labute approximate surface area is 76.1 Å². The van der Waals surface area contributed by atoms with Gasteiger partial charge in [0, 0.05) is 0 Å². The average molecular weight is 180 g/mol. The van der Waals surface area contributed by atoms with E-state index in [4.69, 9.17) is 10.2 Å². The Balaban J connectivity index is 0.000000223. The van der Waals surface area contributed by atoms with Crippen molar-refractivity contribution in [2.45, 2.75) is 0 Å². The standard InChI is InChI=1S/C6H6.C2H3BO4/c1-2-4-6-5-3-1;4-1(5)3-2(6)7/h1-6H;3H,(H,4,5)(H,6,7). The molecule has 0 aliphatic rings. The quantitative estimate of drug-likeness (QED) is 0.675. The lowest BCUT2D eigenvalue weighted by Crippen LogP contribution is -2.14. The maximum Gasteiger partial charge on any atom is 0.392 e. The van der Waals surface area contributed by atoms with Crippen LogP contribution < -0.4 is 0 Å². The topological polar surface area (TPSA) is 74.6 Å². The van der Waals surface area contributed by atoms with Crippen molar-refractivity contribution in [2.75, 3.05) is 0 Å². The summed E-state index contributed by atoms with van der Waals surface area (Å²) in [5, 5.41) is 15.4. The molecule has 0 amide bonds. The first-order chi connectivity index (χ1) is 6.13. The average Bonchev–Trinajstić information content (AvgIpc) is 2.06. The molecule has 1 aromatic rings. The van der Waals surface area contributed by atoms with Gasteiger partial charge >= 0.3 is 7.28 Å². The van der Waals surface area contributed by atoms with E-state index in [0.717, 1.165) is 0 Å². The highest BCUT2D eigenvalue weighted by molar-refractivity contribution is 6.94. The first-order valence-electron chi connectivity index (χ1n) is 3.56. The van der Waals surface area contributed by atoms with Crippen molar-refractivity contribution < 1.29 is 19.8 Å². The van der Waals surface area contributed by atoms with Gasteiger partial charge in [-0.25, -0.2) is 0 Å². The summed E-state index contributed by atoms with van der Waals surface area (Å²) in [4.78, 5) is 18.9. The number of carboxylic acid groups (broad SMARTS) is 2. The van der Waals surface area contributed by atoms with Crippen LogP contribution in [0.15, 0.2) is 36.4 Å². The van der Waals surface area contributed by atoms with Crippen molar-refractivity contribution in [3.63, 3.8) is 0 Å². The van der Waals surface area contributed by atoms with E-state index in [9.17, 15) is 9.59 Å². The van der Waals surface area contributed by atoms with Gasteiger partial charge in [0.1, 0.15) is 0 Å². The molecule has 0 atom stereocenters. The minimum Gasteiger partial charge on any atom is -0.489 e. The zero-order valence-corrected chi connectivity index (χ0v) is 6.88. The van der Waals surface area contributed by atoms with Crippen LogP contribution in [0.2, 0.25) is 0 Å². The lowest BCUT2D eigenvalue weighted by molar-refractivity contribution is 0.213. The lowest BCUT2D eigenvalue weighted by Gasteiger charge is -1.77. The smallest absolute Gasteiger partial charge is 0.392 e. The molecule has 0 spiro atoms. The maximum absolute atomic E-state index is 9.43. The van der Waals surface area contributed by atoms with Crippen molar-refractivity contribution in [3.05, 3.63) is 36.4 Å². The van der Waals surface area contributed by atoms with Crippen LogP contribution in [0.1, 0.15) is 0 Å². The molecule has 0 bridgehead atoms. The molecule has 2 N–H and O–H groups in total. The molecule has 0 saturated heterocycles. The molecule has 0 heterocycles. The van der Waals surface area contributed by atoms with Crippen molar-refractivity contribution in [1.82, 2.24) is 0 Å². The van der Waals surface area contributed by atoms with E-state index in [1.165, 1.54) is 0 Å². The second-order valence-corrected chi connectivity index (χ2v) is 2.12. The lowest BCUT2D eigenvalue weighted by atomic mass is 9.80. The van der Waals surface area contributed by atoms with Crippen LogP contribution in [0.3, 0.4) is 0 Å². The second-order valence-electron chi connectivity index (χ2n) is 2.12. The Hall–Kier alpha value is -1.78. The summed E-state index contributed by atoms with van der Waals surface area (Å²) in [7, 11) is -0.806. The summed E-state index contributed by atoms with van der Waals surface area (Å²) >= 11 is 0. The van der Waals surface area contributed by atoms with Crippen molar-refractivity contribution in [2.24, 2.45) is 0 Å². The Morgan fingerprint density at radius 3 is 1.08 bits per heavy atom. The highest BCUT2D eigenvalue weighted by Gasteiger charge is 2.07. The van der Waals surface area contributed by atoms with Crippen molar-refractivity contribution in [3.8, 4) is 0 Å². The van der Waals surface area contributed by atoms with Crippen molar-refractivity contribution >= 4 is 19.0 Å². The third kappa shape index (κ3) is 10.2. The van der Waals surface area contributed by atoms with E-state index in [-0.39, 0.29) is 0 Å². The number of hydrogen-bond donors (Lipinski definition) is 2. The fourth-order valence-electron chi connectivity index (χ4n) is 0.514. The molecule has 0 aliphatic carbocycles. The van der Waals surface area contributed by atoms with Gasteiger partial charge in [-0.2, -0.15) is 0 Å². The van der Waals surface area contributed by atoms with Crippen LogP contribution >= 0.6 is 0 Å². The van der Waals surface area contributed by atoms with E-state index < -0.39 is 19.0 Å². The molecule has 5 heteroatoms. The van der Waals surface area contributed by atoms with Crippen LogP contribution in [0, 0.1) is 0 Å². The van der Waals surface area contributed by atoms with Crippen LogP contribution in [-0.2, 0) is 0 Å². The van der Waals surface area contributed by atoms with Gasteiger partial charge < -0.3 is 10.2 Å². The van der Waals surface area contributed by atoms with Gasteiger partial charge in [-0.15, -0.1) is 0 Å². The van der Waals surface area contributed by atoms with Gasteiger partial charge in [-0.05, 0) is 0 Å². The van der Waals surface area contributed by atoms with Gasteiger partial charge in [0.15, 0.2) is 0 Å². The SMILES string of the molecule is O=C(O)BC(=O)O.c1ccccc1. The van der Waals surface area contributed by atoms with E-state index in [1.54, 1.807) is 0 Å². The molecule has 68 valence electrons. The van der Waals surface area contributed by atoms with Gasteiger partial charge in [-0.1, -0.05) is 36.4 Å². The number of benzene rings is 1. The molecular weight excluding hydrogens is 171 g/mol. The molecule has 0 aromatic heterocycles. The van der Waals surface area contributed by atoms with Crippen LogP contribution in [0.5, 0.6) is 0 Å². The minimum absolute atomic E-state index is 0.806. The maximum atomic E-state index is 9.43. The van der Waals surface area contributed by atoms with Crippen LogP contribution in [0.4, 0.5) is 9.59 Å². The molecule has 4 nitrogen and oxygen atoms in total. The highest BCUT2D eigenvalue weighted by atomic mass is 16.4. The fourth-order valence-corrected chi connectivity index (χ4v) is 0.514. The Bertz CT molecular complexity index is 221.